The van der Waals surface area contributed by atoms with E-state index >= 15 is 0 Å². The van der Waals surface area contributed by atoms with Gasteiger partial charge in [0.25, 0.3) is 0 Å². The van der Waals surface area contributed by atoms with Gasteiger partial charge in [-0.05, 0) is 56.0 Å². The molecule has 0 aromatic heterocycles. The van der Waals surface area contributed by atoms with Crippen molar-refractivity contribution >= 4 is 22.9 Å². The van der Waals surface area contributed by atoms with Crippen LogP contribution in [-0.2, 0) is 0 Å². The molecule has 22 heavy (non-hydrogen) atoms. The Morgan fingerprint density at radius 2 is 1.86 bits per heavy atom. The average Bonchev–Trinajstić information content (AvgIpc) is 2.89. The van der Waals surface area contributed by atoms with Gasteiger partial charge in [0.15, 0.2) is 0 Å². The second kappa shape index (κ2) is 4.89. The van der Waals surface area contributed by atoms with Crippen LogP contribution in [0.2, 0.25) is 5.02 Å². The molecular weight excluding hydrogens is 290 g/mol. The maximum atomic E-state index is 6.29. The zero-order valence-electron chi connectivity index (χ0n) is 13.1. The molecule has 2 aromatic rings. The van der Waals surface area contributed by atoms with E-state index in [1.54, 1.807) is 0 Å². The molecule has 1 nitrogen and oxygen atoms in total. The van der Waals surface area contributed by atoms with Gasteiger partial charge >= 0.3 is 0 Å². The molecule has 0 saturated carbocycles. The molecule has 0 aliphatic carbocycles. The van der Waals surface area contributed by atoms with Crippen molar-refractivity contribution in [2.24, 2.45) is 0 Å². The standard InChI is InChI=1S/C20H20ClN/c1-14-4-6-15(7-5-14)18-13-20(2)10-3-11-22(20)19-9-8-16(21)12-17(18)19/h4-9,12-13H,3,10-11H2,1-2H3. The van der Waals surface area contributed by atoms with Gasteiger partial charge in [-0.3, -0.25) is 0 Å². The van der Waals surface area contributed by atoms with Crippen molar-refractivity contribution in [3.63, 3.8) is 0 Å². The van der Waals surface area contributed by atoms with Crippen molar-refractivity contribution in [2.45, 2.75) is 32.2 Å². The van der Waals surface area contributed by atoms with Gasteiger partial charge in [-0.15, -0.1) is 0 Å². The highest BCUT2D eigenvalue weighted by molar-refractivity contribution is 6.31. The van der Waals surface area contributed by atoms with Crippen LogP contribution >= 0.6 is 11.6 Å². The van der Waals surface area contributed by atoms with Gasteiger partial charge in [0.1, 0.15) is 0 Å². The third-order valence-electron chi connectivity index (χ3n) is 5.04. The molecule has 1 fully saturated rings. The molecule has 0 amide bonds. The van der Waals surface area contributed by atoms with Crippen LogP contribution in [0.4, 0.5) is 5.69 Å². The molecule has 1 atom stereocenters. The van der Waals surface area contributed by atoms with E-state index in [4.69, 9.17) is 11.6 Å². The third-order valence-corrected chi connectivity index (χ3v) is 5.27. The van der Waals surface area contributed by atoms with Gasteiger partial charge in [-0.2, -0.15) is 0 Å². The van der Waals surface area contributed by atoms with E-state index in [-0.39, 0.29) is 5.54 Å². The lowest BCUT2D eigenvalue weighted by Gasteiger charge is -2.41. The Kier molecular flexibility index (Phi) is 3.09. The molecule has 2 aromatic carbocycles. The maximum absolute atomic E-state index is 6.29. The fraction of sp³-hybridized carbons (Fsp3) is 0.300. The van der Waals surface area contributed by atoms with Crippen molar-refractivity contribution in [2.75, 3.05) is 11.4 Å². The van der Waals surface area contributed by atoms with Gasteiger partial charge < -0.3 is 4.90 Å². The highest BCUT2D eigenvalue weighted by Gasteiger charge is 2.39. The number of rotatable bonds is 1. The number of nitrogens with zero attached hydrogens (tertiary/aromatic N) is 1. The predicted octanol–water partition coefficient (Wildman–Crippen LogP) is 5.45. The number of anilines is 1. The predicted molar refractivity (Wildman–Crippen MR) is 94.7 cm³/mol. The minimum atomic E-state index is 0.126. The molecule has 2 aliphatic heterocycles. The zero-order chi connectivity index (χ0) is 15.3. The van der Waals surface area contributed by atoms with Crippen LogP contribution in [0, 0.1) is 6.92 Å². The molecule has 0 bridgehead atoms. The van der Waals surface area contributed by atoms with Crippen LogP contribution in [0.15, 0.2) is 48.5 Å². The normalized spacial score (nSPS) is 23.0. The second-order valence-corrected chi connectivity index (χ2v) is 7.13. The average molecular weight is 310 g/mol. The lowest BCUT2D eigenvalue weighted by molar-refractivity contribution is 0.578. The lowest BCUT2D eigenvalue weighted by atomic mass is 9.84. The zero-order valence-corrected chi connectivity index (χ0v) is 13.8. The fourth-order valence-corrected chi connectivity index (χ4v) is 4.02. The highest BCUT2D eigenvalue weighted by atomic mass is 35.5. The van der Waals surface area contributed by atoms with Crippen LogP contribution in [0.25, 0.3) is 5.57 Å². The molecule has 1 saturated heterocycles. The number of fused-ring (bicyclic) bond motifs is 3. The first-order valence-corrected chi connectivity index (χ1v) is 8.32. The van der Waals surface area contributed by atoms with Crippen LogP contribution in [-0.4, -0.2) is 12.1 Å². The third kappa shape index (κ3) is 2.07. The maximum Gasteiger partial charge on any atom is 0.0566 e. The summed E-state index contributed by atoms with van der Waals surface area (Å²) in [5.74, 6) is 0. The van der Waals surface area contributed by atoms with E-state index < -0.39 is 0 Å². The minimum absolute atomic E-state index is 0.126. The Balaban J connectivity index is 1.94. The van der Waals surface area contributed by atoms with E-state index in [1.807, 2.05) is 6.07 Å². The monoisotopic (exact) mass is 309 g/mol. The molecule has 2 aliphatic rings. The quantitative estimate of drug-likeness (QED) is 0.677. The molecule has 0 N–H and O–H groups in total. The summed E-state index contributed by atoms with van der Waals surface area (Å²) < 4.78 is 0. The van der Waals surface area contributed by atoms with E-state index in [9.17, 15) is 0 Å². The Morgan fingerprint density at radius 3 is 2.64 bits per heavy atom. The van der Waals surface area contributed by atoms with Crippen LogP contribution in [0.5, 0.6) is 0 Å². The fourth-order valence-electron chi connectivity index (χ4n) is 3.85. The summed E-state index contributed by atoms with van der Waals surface area (Å²) in [4.78, 5) is 2.54. The molecule has 112 valence electrons. The number of halogens is 1. The SMILES string of the molecule is Cc1ccc(C2=CC3(C)CCCN3c3ccc(Cl)cc32)cc1. The van der Waals surface area contributed by atoms with E-state index in [2.05, 4.69) is 61.2 Å². The number of hydrogen-bond acceptors (Lipinski definition) is 1. The van der Waals surface area contributed by atoms with Crippen molar-refractivity contribution in [1.29, 1.82) is 0 Å². The van der Waals surface area contributed by atoms with Crippen molar-refractivity contribution in [3.8, 4) is 0 Å². The Bertz CT molecular complexity index is 760. The first-order valence-electron chi connectivity index (χ1n) is 7.94. The van der Waals surface area contributed by atoms with E-state index in [0.717, 1.165) is 11.6 Å². The Labute approximate surface area is 137 Å². The summed E-state index contributed by atoms with van der Waals surface area (Å²) >= 11 is 6.29. The first kappa shape index (κ1) is 13.9. The van der Waals surface area contributed by atoms with Gasteiger partial charge in [0.05, 0.1) is 5.54 Å². The largest absolute Gasteiger partial charge is 0.362 e. The van der Waals surface area contributed by atoms with Crippen molar-refractivity contribution in [1.82, 2.24) is 0 Å². The van der Waals surface area contributed by atoms with Crippen LogP contribution in [0.3, 0.4) is 0 Å². The molecule has 2 heteroatoms. The summed E-state index contributed by atoms with van der Waals surface area (Å²) in [6.07, 6.45) is 4.91. The smallest absolute Gasteiger partial charge is 0.0566 e. The minimum Gasteiger partial charge on any atom is -0.362 e. The van der Waals surface area contributed by atoms with Gasteiger partial charge in [-0.1, -0.05) is 47.5 Å². The molecule has 1 unspecified atom stereocenters. The summed E-state index contributed by atoms with van der Waals surface area (Å²) in [6, 6.07) is 15.1. The molecule has 0 spiro atoms. The van der Waals surface area contributed by atoms with Gasteiger partial charge in [0, 0.05) is 22.8 Å². The summed E-state index contributed by atoms with van der Waals surface area (Å²) in [5, 5.41) is 0.805. The number of aryl methyl sites for hydroxylation is 1. The summed E-state index contributed by atoms with van der Waals surface area (Å²) in [5.41, 5.74) is 6.60. The van der Waals surface area contributed by atoms with Gasteiger partial charge in [-0.25, -0.2) is 0 Å². The molecule has 4 rings (SSSR count). The van der Waals surface area contributed by atoms with Crippen LogP contribution < -0.4 is 4.90 Å². The number of benzene rings is 2. The number of hydrogen-bond donors (Lipinski definition) is 0. The molecule has 2 heterocycles. The topological polar surface area (TPSA) is 3.24 Å². The summed E-state index contributed by atoms with van der Waals surface area (Å²) in [7, 11) is 0. The Morgan fingerprint density at radius 1 is 1.09 bits per heavy atom. The molecule has 0 radical (unpaired) electrons. The van der Waals surface area contributed by atoms with Crippen molar-refractivity contribution in [3.05, 3.63) is 70.3 Å². The van der Waals surface area contributed by atoms with E-state index in [0.29, 0.717) is 0 Å². The van der Waals surface area contributed by atoms with Crippen LogP contribution in [0.1, 0.15) is 36.5 Å². The Hall–Kier alpha value is -1.73. The summed E-state index contributed by atoms with van der Waals surface area (Å²) in [6.45, 7) is 5.61. The second-order valence-electron chi connectivity index (χ2n) is 6.70. The van der Waals surface area contributed by atoms with Gasteiger partial charge in [0.2, 0.25) is 0 Å². The van der Waals surface area contributed by atoms with E-state index in [1.165, 1.54) is 40.8 Å². The lowest BCUT2D eigenvalue weighted by Crippen LogP contribution is -2.42. The molecular formula is C20H20ClN. The first-order chi connectivity index (χ1) is 10.6. The highest BCUT2D eigenvalue weighted by Crippen LogP contribution is 2.46. The van der Waals surface area contributed by atoms with Crippen molar-refractivity contribution < 1.29 is 0 Å².